The molecule has 0 saturated heterocycles. The van der Waals surface area contributed by atoms with Crippen LogP contribution in [0.1, 0.15) is 0 Å². The van der Waals surface area contributed by atoms with E-state index < -0.39 is 11.6 Å². The predicted octanol–water partition coefficient (Wildman–Crippen LogP) is 2.00. The highest BCUT2D eigenvalue weighted by molar-refractivity contribution is 5.62. The first kappa shape index (κ1) is 9.51. The Balaban J connectivity index is 2.59. The molecule has 2 aromatic rings. The summed E-state index contributed by atoms with van der Waals surface area (Å²) in [5, 5.41) is 0. The maximum absolute atomic E-state index is 13.3. The van der Waals surface area contributed by atoms with Gasteiger partial charge in [0.2, 0.25) is 0 Å². The van der Waals surface area contributed by atoms with Crippen LogP contribution in [0.2, 0.25) is 0 Å². The molecule has 5 heteroatoms. The Kier molecular flexibility index (Phi) is 2.29. The van der Waals surface area contributed by atoms with Crippen molar-refractivity contribution in [1.82, 2.24) is 9.97 Å². The lowest BCUT2D eigenvalue weighted by Gasteiger charge is -2.02. The molecule has 0 spiro atoms. The number of hydrogen-bond acceptors (Lipinski definition) is 3. The Morgan fingerprint density at radius 3 is 2.53 bits per heavy atom. The average molecular weight is 207 g/mol. The molecule has 0 unspecified atom stereocenters. The zero-order chi connectivity index (χ0) is 10.8. The lowest BCUT2D eigenvalue weighted by molar-refractivity contribution is 0.507. The first-order valence-corrected chi connectivity index (χ1v) is 4.20. The van der Waals surface area contributed by atoms with E-state index in [4.69, 9.17) is 5.73 Å². The third-order valence-corrected chi connectivity index (χ3v) is 1.90. The second-order valence-electron chi connectivity index (χ2n) is 2.92. The van der Waals surface area contributed by atoms with Crippen LogP contribution in [0.3, 0.4) is 0 Å². The summed E-state index contributed by atoms with van der Waals surface area (Å²) in [5.41, 5.74) is 5.77. The van der Waals surface area contributed by atoms with Crippen LogP contribution in [-0.4, -0.2) is 9.97 Å². The molecule has 0 aliphatic heterocycles. The van der Waals surface area contributed by atoms with E-state index in [-0.39, 0.29) is 11.5 Å². The monoisotopic (exact) mass is 207 g/mol. The molecule has 0 atom stereocenters. The SMILES string of the molecule is Nc1cc(-c2nccc(F)c2F)ccn1. The van der Waals surface area contributed by atoms with Gasteiger partial charge in [0, 0.05) is 18.0 Å². The first-order chi connectivity index (χ1) is 7.18. The van der Waals surface area contributed by atoms with Crippen molar-refractivity contribution in [2.45, 2.75) is 0 Å². The number of rotatable bonds is 1. The predicted molar refractivity (Wildman–Crippen MR) is 51.8 cm³/mol. The van der Waals surface area contributed by atoms with Gasteiger partial charge in [0.15, 0.2) is 11.6 Å². The molecule has 2 aromatic heterocycles. The third kappa shape index (κ3) is 1.76. The van der Waals surface area contributed by atoms with Gasteiger partial charge in [-0.15, -0.1) is 0 Å². The topological polar surface area (TPSA) is 51.8 Å². The summed E-state index contributed by atoms with van der Waals surface area (Å²) in [6.45, 7) is 0. The minimum absolute atomic E-state index is 0.0656. The van der Waals surface area contributed by atoms with E-state index in [0.717, 1.165) is 6.07 Å². The van der Waals surface area contributed by atoms with Crippen LogP contribution in [-0.2, 0) is 0 Å². The normalized spacial score (nSPS) is 10.3. The molecule has 2 heterocycles. The van der Waals surface area contributed by atoms with Crippen LogP contribution in [0.5, 0.6) is 0 Å². The first-order valence-electron chi connectivity index (χ1n) is 4.20. The van der Waals surface area contributed by atoms with E-state index >= 15 is 0 Å². The van der Waals surface area contributed by atoms with Crippen molar-refractivity contribution in [3.8, 4) is 11.3 Å². The lowest BCUT2D eigenvalue weighted by atomic mass is 10.1. The summed E-state index contributed by atoms with van der Waals surface area (Å²) < 4.78 is 26.2. The molecular weight excluding hydrogens is 200 g/mol. The number of aromatic nitrogens is 2. The van der Waals surface area contributed by atoms with Crippen molar-refractivity contribution in [3.05, 3.63) is 42.2 Å². The van der Waals surface area contributed by atoms with Gasteiger partial charge in [-0.25, -0.2) is 13.8 Å². The highest BCUT2D eigenvalue weighted by Crippen LogP contribution is 2.22. The Hall–Kier alpha value is -2.04. The number of hydrogen-bond donors (Lipinski definition) is 1. The van der Waals surface area contributed by atoms with Gasteiger partial charge in [0.05, 0.1) is 0 Å². The summed E-state index contributed by atoms with van der Waals surface area (Å²) in [5.74, 6) is -1.68. The summed E-state index contributed by atoms with van der Waals surface area (Å²) in [6, 6.07) is 3.91. The molecule has 0 fully saturated rings. The van der Waals surface area contributed by atoms with Gasteiger partial charge < -0.3 is 5.73 Å². The van der Waals surface area contributed by atoms with E-state index in [9.17, 15) is 8.78 Å². The maximum atomic E-state index is 13.3. The summed E-state index contributed by atoms with van der Waals surface area (Å²) >= 11 is 0. The van der Waals surface area contributed by atoms with Gasteiger partial charge in [-0.05, 0) is 18.2 Å². The fourth-order valence-corrected chi connectivity index (χ4v) is 1.22. The zero-order valence-corrected chi connectivity index (χ0v) is 7.61. The van der Waals surface area contributed by atoms with Crippen molar-refractivity contribution in [1.29, 1.82) is 0 Å². The number of nitrogens with two attached hydrogens (primary N) is 1. The highest BCUT2D eigenvalue weighted by atomic mass is 19.2. The van der Waals surface area contributed by atoms with E-state index in [1.54, 1.807) is 0 Å². The summed E-state index contributed by atoms with van der Waals surface area (Å²) in [6.07, 6.45) is 2.61. The fourth-order valence-electron chi connectivity index (χ4n) is 1.22. The van der Waals surface area contributed by atoms with Crippen LogP contribution in [0.25, 0.3) is 11.3 Å². The maximum Gasteiger partial charge on any atom is 0.185 e. The van der Waals surface area contributed by atoms with Gasteiger partial charge in [-0.3, -0.25) is 4.98 Å². The van der Waals surface area contributed by atoms with E-state index in [1.165, 1.54) is 24.5 Å². The second-order valence-corrected chi connectivity index (χ2v) is 2.92. The van der Waals surface area contributed by atoms with Crippen molar-refractivity contribution in [2.24, 2.45) is 0 Å². The smallest absolute Gasteiger partial charge is 0.185 e. The molecular formula is C10H7F2N3. The molecule has 3 nitrogen and oxygen atoms in total. The largest absolute Gasteiger partial charge is 0.384 e. The molecule has 0 radical (unpaired) electrons. The average Bonchev–Trinajstić information content (AvgIpc) is 2.22. The molecule has 0 amide bonds. The van der Waals surface area contributed by atoms with Crippen LogP contribution in [0.4, 0.5) is 14.6 Å². The second kappa shape index (κ2) is 3.61. The Morgan fingerprint density at radius 2 is 1.80 bits per heavy atom. The number of anilines is 1. The van der Waals surface area contributed by atoms with Gasteiger partial charge >= 0.3 is 0 Å². The molecule has 15 heavy (non-hydrogen) atoms. The number of nitrogen functional groups attached to an aromatic ring is 1. The van der Waals surface area contributed by atoms with Crippen molar-refractivity contribution < 1.29 is 8.78 Å². The molecule has 76 valence electrons. The summed E-state index contributed by atoms with van der Waals surface area (Å²) in [7, 11) is 0. The number of pyridine rings is 2. The standard InChI is InChI=1S/C10H7F2N3/c11-7-2-4-15-10(9(7)12)6-1-3-14-8(13)5-6/h1-5H,(H2,13,14). The Bertz CT molecular complexity index is 500. The van der Waals surface area contributed by atoms with Crippen LogP contribution < -0.4 is 5.73 Å². The quantitative estimate of drug-likeness (QED) is 0.778. The molecule has 0 bridgehead atoms. The number of nitrogens with zero attached hydrogens (tertiary/aromatic N) is 2. The molecule has 0 aliphatic rings. The minimum Gasteiger partial charge on any atom is -0.384 e. The van der Waals surface area contributed by atoms with E-state index in [0.29, 0.717) is 5.56 Å². The van der Waals surface area contributed by atoms with Crippen LogP contribution in [0, 0.1) is 11.6 Å². The number of halogens is 2. The third-order valence-electron chi connectivity index (χ3n) is 1.90. The van der Waals surface area contributed by atoms with Crippen LogP contribution in [0.15, 0.2) is 30.6 Å². The summed E-state index contributed by atoms with van der Waals surface area (Å²) in [4.78, 5) is 7.50. The fraction of sp³-hybridized carbons (Fsp3) is 0. The van der Waals surface area contributed by atoms with E-state index in [1.807, 2.05) is 0 Å². The van der Waals surface area contributed by atoms with Gasteiger partial charge in [-0.1, -0.05) is 0 Å². The lowest BCUT2D eigenvalue weighted by Crippen LogP contribution is -1.95. The van der Waals surface area contributed by atoms with Gasteiger partial charge in [-0.2, -0.15) is 0 Å². The van der Waals surface area contributed by atoms with Crippen molar-refractivity contribution in [2.75, 3.05) is 5.73 Å². The van der Waals surface area contributed by atoms with Gasteiger partial charge in [0.1, 0.15) is 11.5 Å². The molecule has 2 N–H and O–H groups in total. The molecule has 0 saturated carbocycles. The minimum atomic E-state index is -0.983. The Morgan fingerprint density at radius 1 is 1.07 bits per heavy atom. The zero-order valence-electron chi connectivity index (χ0n) is 7.61. The van der Waals surface area contributed by atoms with Crippen molar-refractivity contribution in [3.63, 3.8) is 0 Å². The highest BCUT2D eigenvalue weighted by Gasteiger charge is 2.11. The molecule has 2 rings (SSSR count). The molecule has 0 aliphatic carbocycles. The Labute approximate surface area is 84.6 Å². The van der Waals surface area contributed by atoms with Gasteiger partial charge in [0.25, 0.3) is 0 Å². The van der Waals surface area contributed by atoms with Crippen LogP contribution >= 0.6 is 0 Å². The van der Waals surface area contributed by atoms with Crippen molar-refractivity contribution >= 4 is 5.82 Å². The molecule has 0 aromatic carbocycles. The van der Waals surface area contributed by atoms with E-state index in [2.05, 4.69) is 9.97 Å².